The van der Waals surface area contributed by atoms with Crippen LogP contribution in [0.1, 0.15) is 5.56 Å². The largest absolute Gasteiger partial charge is 0.480 e. The molecule has 0 heterocycles. The van der Waals surface area contributed by atoms with Gasteiger partial charge in [-0.25, -0.2) is 4.79 Å². The van der Waals surface area contributed by atoms with Crippen LogP contribution in [0.15, 0.2) is 30.9 Å². The Hall–Kier alpha value is -2.01. The van der Waals surface area contributed by atoms with Gasteiger partial charge in [-0.1, -0.05) is 23.7 Å². The van der Waals surface area contributed by atoms with Crippen molar-refractivity contribution in [2.75, 3.05) is 18.4 Å². The highest BCUT2D eigenvalue weighted by Crippen LogP contribution is 2.23. The van der Waals surface area contributed by atoms with Crippen LogP contribution >= 0.6 is 11.6 Å². The number of halogens is 1. The van der Waals surface area contributed by atoms with Crippen LogP contribution < -0.4 is 5.32 Å². The fourth-order valence-electron chi connectivity index (χ4n) is 1.48. The zero-order valence-corrected chi connectivity index (χ0v) is 11.3. The number of carboxylic acids is 1. The lowest BCUT2D eigenvalue weighted by atomic mass is 10.2. The van der Waals surface area contributed by atoms with Gasteiger partial charge in [-0.05, 0) is 24.6 Å². The zero-order valence-electron chi connectivity index (χ0n) is 10.5. The van der Waals surface area contributed by atoms with Gasteiger partial charge in [-0.15, -0.1) is 6.58 Å². The van der Waals surface area contributed by atoms with E-state index in [9.17, 15) is 9.59 Å². The average molecular weight is 283 g/mol. The lowest BCUT2D eigenvalue weighted by Gasteiger charge is -2.20. The molecule has 0 atom stereocenters. The number of carbonyl (C=O) groups is 2. The molecule has 102 valence electrons. The maximum absolute atomic E-state index is 12.0. The lowest BCUT2D eigenvalue weighted by Crippen LogP contribution is -2.38. The van der Waals surface area contributed by atoms with Crippen molar-refractivity contribution in [3.8, 4) is 0 Å². The summed E-state index contributed by atoms with van der Waals surface area (Å²) in [5.41, 5.74) is 1.28. The van der Waals surface area contributed by atoms with E-state index in [2.05, 4.69) is 11.9 Å². The normalized spacial score (nSPS) is 9.79. The molecule has 0 saturated carbocycles. The van der Waals surface area contributed by atoms with Crippen LogP contribution in [0.4, 0.5) is 10.5 Å². The highest BCUT2D eigenvalue weighted by atomic mass is 35.5. The number of nitrogens with zero attached hydrogens (tertiary/aromatic N) is 1. The molecular formula is C13H15ClN2O3. The zero-order chi connectivity index (χ0) is 14.4. The van der Waals surface area contributed by atoms with Crippen molar-refractivity contribution >= 4 is 29.3 Å². The number of benzene rings is 1. The predicted octanol–water partition coefficient (Wildman–Crippen LogP) is 2.75. The van der Waals surface area contributed by atoms with Crippen LogP contribution in [-0.4, -0.2) is 35.1 Å². The second-order valence-electron chi connectivity index (χ2n) is 3.91. The summed E-state index contributed by atoms with van der Waals surface area (Å²) >= 11 is 5.95. The average Bonchev–Trinajstić information content (AvgIpc) is 2.34. The molecule has 1 rings (SSSR count). The SMILES string of the molecule is C=CCN(CC(=O)O)C(=O)Nc1cccc(Cl)c1C. The van der Waals surface area contributed by atoms with Gasteiger partial charge in [0.2, 0.25) is 0 Å². The Kier molecular flexibility index (Phi) is 5.38. The predicted molar refractivity (Wildman–Crippen MR) is 74.6 cm³/mol. The Morgan fingerprint density at radius 2 is 2.21 bits per heavy atom. The van der Waals surface area contributed by atoms with Gasteiger partial charge >= 0.3 is 12.0 Å². The number of carboxylic acid groups (broad SMARTS) is 1. The second-order valence-corrected chi connectivity index (χ2v) is 4.31. The second kappa shape index (κ2) is 6.80. The van der Waals surface area contributed by atoms with E-state index in [4.69, 9.17) is 16.7 Å². The molecule has 6 heteroatoms. The Labute approximate surface area is 116 Å². The summed E-state index contributed by atoms with van der Waals surface area (Å²) in [6.45, 7) is 5.02. The summed E-state index contributed by atoms with van der Waals surface area (Å²) in [7, 11) is 0. The van der Waals surface area contributed by atoms with Gasteiger partial charge in [0, 0.05) is 17.3 Å². The van der Waals surface area contributed by atoms with Crippen LogP contribution in [-0.2, 0) is 4.79 Å². The van der Waals surface area contributed by atoms with Gasteiger partial charge in [-0.3, -0.25) is 4.79 Å². The Morgan fingerprint density at radius 1 is 1.53 bits per heavy atom. The van der Waals surface area contributed by atoms with E-state index in [-0.39, 0.29) is 6.54 Å². The van der Waals surface area contributed by atoms with Crippen molar-refractivity contribution in [3.63, 3.8) is 0 Å². The summed E-state index contributed by atoms with van der Waals surface area (Å²) in [5, 5.41) is 11.9. The summed E-state index contributed by atoms with van der Waals surface area (Å²) in [5.74, 6) is -1.08. The first-order valence-electron chi connectivity index (χ1n) is 5.59. The molecule has 0 aliphatic carbocycles. The monoisotopic (exact) mass is 282 g/mol. The third-order valence-corrected chi connectivity index (χ3v) is 2.88. The molecule has 0 aliphatic rings. The molecule has 0 aromatic heterocycles. The van der Waals surface area contributed by atoms with Crippen LogP contribution in [0.3, 0.4) is 0 Å². The number of hydrogen-bond acceptors (Lipinski definition) is 2. The van der Waals surface area contributed by atoms with Crippen molar-refractivity contribution in [2.24, 2.45) is 0 Å². The molecule has 0 bridgehead atoms. The van der Waals surface area contributed by atoms with Gasteiger partial charge in [0.05, 0.1) is 0 Å². The molecular weight excluding hydrogens is 268 g/mol. The maximum Gasteiger partial charge on any atom is 0.323 e. The van der Waals surface area contributed by atoms with E-state index in [0.29, 0.717) is 10.7 Å². The van der Waals surface area contributed by atoms with E-state index >= 15 is 0 Å². The Bertz CT molecular complexity index is 503. The van der Waals surface area contributed by atoms with Gasteiger partial charge in [0.25, 0.3) is 0 Å². The number of hydrogen-bond donors (Lipinski definition) is 2. The molecule has 0 fully saturated rings. The number of anilines is 1. The number of urea groups is 1. The van der Waals surface area contributed by atoms with Crippen molar-refractivity contribution < 1.29 is 14.7 Å². The molecule has 0 saturated heterocycles. The molecule has 19 heavy (non-hydrogen) atoms. The highest BCUT2D eigenvalue weighted by Gasteiger charge is 2.16. The minimum Gasteiger partial charge on any atom is -0.480 e. The minimum atomic E-state index is -1.08. The molecule has 0 spiro atoms. The molecule has 1 aromatic carbocycles. The summed E-state index contributed by atoms with van der Waals surface area (Å²) in [4.78, 5) is 23.8. The maximum atomic E-state index is 12.0. The number of nitrogens with one attached hydrogen (secondary N) is 1. The van der Waals surface area contributed by atoms with Gasteiger partial charge < -0.3 is 15.3 Å². The standard InChI is InChI=1S/C13H15ClN2O3/c1-3-7-16(8-12(17)18)13(19)15-11-6-4-5-10(14)9(11)2/h3-6H,1,7-8H2,2H3,(H,15,19)(H,17,18). The quantitative estimate of drug-likeness (QED) is 0.816. The fraction of sp³-hybridized carbons (Fsp3) is 0.231. The molecule has 0 radical (unpaired) electrons. The van der Waals surface area contributed by atoms with Crippen molar-refractivity contribution in [1.82, 2.24) is 4.90 Å². The molecule has 5 nitrogen and oxygen atoms in total. The molecule has 0 aliphatic heterocycles. The summed E-state index contributed by atoms with van der Waals surface area (Å²) in [6.07, 6.45) is 1.47. The molecule has 1 aromatic rings. The van der Waals surface area contributed by atoms with E-state index in [0.717, 1.165) is 10.5 Å². The third kappa shape index (κ3) is 4.30. The van der Waals surface area contributed by atoms with Gasteiger partial charge in [-0.2, -0.15) is 0 Å². The van der Waals surface area contributed by atoms with E-state index in [1.54, 1.807) is 25.1 Å². The minimum absolute atomic E-state index is 0.151. The van der Waals surface area contributed by atoms with E-state index in [1.165, 1.54) is 6.08 Å². The van der Waals surface area contributed by atoms with E-state index in [1.807, 2.05) is 0 Å². The van der Waals surface area contributed by atoms with Gasteiger partial charge in [0.1, 0.15) is 6.54 Å². The number of rotatable bonds is 5. The summed E-state index contributed by atoms with van der Waals surface area (Å²) in [6, 6.07) is 4.62. The number of aliphatic carboxylic acids is 1. The Morgan fingerprint density at radius 3 is 2.79 bits per heavy atom. The lowest BCUT2D eigenvalue weighted by molar-refractivity contribution is -0.137. The van der Waals surface area contributed by atoms with Crippen LogP contribution in [0.25, 0.3) is 0 Å². The van der Waals surface area contributed by atoms with Crippen molar-refractivity contribution in [1.29, 1.82) is 0 Å². The Balaban J connectivity index is 2.83. The molecule has 2 amide bonds. The number of carbonyl (C=O) groups excluding carboxylic acids is 1. The first-order valence-corrected chi connectivity index (χ1v) is 5.97. The first-order chi connectivity index (χ1) is 8.95. The third-order valence-electron chi connectivity index (χ3n) is 2.47. The summed E-state index contributed by atoms with van der Waals surface area (Å²) < 4.78 is 0. The highest BCUT2D eigenvalue weighted by molar-refractivity contribution is 6.31. The van der Waals surface area contributed by atoms with Crippen molar-refractivity contribution in [2.45, 2.75) is 6.92 Å². The van der Waals surface area contributed by atoms with Crippen LogP contribution in [0.5, 0.6) is 0 Å². The van der Waals surface area contributed by atoms with Gasteiger partial charge in [0.15, 0.2) is 0 Å². The molecule has 2 N–H and O–H groups in total. The van der Waals surface area contributed by atoms with Crippen molar-refractivity contribution in [3.05, 3.63) is 41.4 Å². The smallest absolute Gasteiger partial charge is 0.323 e. The molecule has 0 unspecified atom stereocenters. The van der Waals surface area contributed by atoms with Crippen LogP contribution in [0, 0.1) is 6.92 Å². The van der Waals surface area contributed by atoms with Crippen LogP contribution in [0.2, 0.25) is 5.02 Å². The topological polar surface area (TPSA) is 69.6 Å². The first kappa shape index (κ1) is 15.0. The fourth-order valence-corrected chi connectivity index (χ4v) is 1.65. The number of amides is 2. The van der Waals surface area contributed by atoms with E-state index < -0.39 is 18.5 Å².